The second-order valence-electron chi connectivity index (χ2n) is 7.71. The van der Waals surface area contributed by atoms with Crippen LogP contribution in [0.15, 0.2) is 29.3 Å². The van der Waals surface area contributed by atoms with E-state index in [4.69, 9.17) is 9.73 Å². The molecule has 3 N–H and O–H groups in total. The van der Waals surface area contributed by atoms with Gasteiger partial charge in [-0.05, 0) is 30.5 Å². The van der Waals surface area contributed by atoms with E-state index in [0.717, 1.165) is 76.0 Å². The number of ether oxygens (including phenoxy) is 1. The molecule has 1 aliphatic heterocycles. The van der Waals surface area contributed by atoms with Gasteiger partial charge in [0.2, 0.25) is 5.91 Å². The zero-order chi connectivity index (χ0) is 21.6. The fourth-order valence-electron chi connectivity index (χ4n) is 3.39. The van der Waals surface area contributed by atoms with E-state index in [9.17, 15) is 4.79 Å². The maximum absolute atomic E-state index is 12.3. The van der Waals surface area contributed by atoms with Gasteiger partial charge in [-0.25, -0.2) is 4.99 Å². The molecule has 30 heavy (non-hydrogen) atoms. The van der Waals surface area contributed by atoms with Crippen molar-refractivity contribution in [2.45, 2.75) is 46.6 Å². The number of morpholine rings is 1. The highest BCUT2D eigenvalue weighted by atomic mass is 16.5. The molecule has 168 valence electrons. The molecule has 0 spiro atoms. The van der Waals surface area contributed by atoms with Gasteiger partial charge in [-0.1, -0.05) is 38.8 Å². The molecule has 1 fully saturated rings. The minimum Gasteiger partial charge on any atom is -0.379 e. The predicted octanol–water partition coefficient (Wildman–Crippen LogP) is 2.84. The largest absolute Gasteiger partial charge is 0.379 e. The van der Waals surface area contributed by atoms with Crippen molar-refractivity contribution in [1.82, 2.24) is 15.5 Å². The van der Waals surface area contributed by atoms with E-state index in [1.165, 1.54) is 0 Å². The summed E-state index contributed by atoms with van der Waals surface area (Å²) in [5.74, 6) is 1.54. The van der Waals surface area contributed by atoms with E-state index in [1.807, 2.05) is 24.3 Å². The van der Waals surface area contributed by atoms with Crippen molar-refractivity contribution < 1.29 is 9.53 Å². The first-order chi connectivity index (χ1) is 14.6. The number of anilines is 1. The second-order valence-corrected chi connectivity index (χ2v) is 7.71. The van der Waals surface area contributed by atoms with Crippen LogP contribution in [-0.2, 0) is 16.1 Å². The molecular formula is C23H39N5O2. The molecule has 2 rings (SSSR count). The molecule has 7 nitrogen and oxygen atoms in total. The fourth-order valence-corrected chi connectivity index (χ4v) is 3.39. The summed E-state index contributed by atoms with van der Waals surface area (Å²) in [4.78, 5) is 19.3. The van der Waals surface area contributed by atoms with E-state index in [-0.39, 0.29) is 5.91 Å². The Morgan fingerprint density at radius 3 is 2.63 bits per heavy atom. The summed E-state index contributed by atoms with van der Waals surface area (Å²) < 4.78 is 5.35. The maximum atomic E-state index is 12.3. The van der Waals surface area contributed by atoms with Gasteiger partial charge in [-0.15, -0.1) is 0 Å². The first-order valence-electron chi connectivity index (χ1n) is 11.4. The second kappa shape index (κ2) is 14.0. The lowest BCUT2D eigenvalue weighted by Crippen LogP contribution is -2.39. The molecule has 1 amide bonds. The summed E-state index contributed by atoms with van der Waals surface area (Å²) in [6, 6.07) is 7.93. The van der Waals surface area contributed by atoms with Gasteiger partial charge >= 0.3 is 0 Å². The van der Waals surface area contributed by atoms with Crippen molar-refractivity contribution in [1.29, 1.82) is 0 Å². The van der Waals surface area contributed by atoms with Crippen LogP contribution < -0.4 is 16.0 Å². The van der Waals surface area contributed by atoms with Crippen LogP contribution in [0.3, 0.4) is 0 Å². The van der Waals surface area contributed by atoms with Crippen molar-refractivity contribution in [3.05, 3.63) is 29.8 Å². The molecule has 7 heteroatoms. The molecule has 0 bridgehead atoms. The predicted molar refractivity (Wildman–Crippen MR) is 124 cm³/mol. The average Bonchev–Trinajstić information content (AvgIpc) is 2.77. The minimum atomic E-state index is 0.0438. The van der Waals surface area contributed by atoms with Gasteiger partial charge in [-0.3, -0.25) is 9.69 Å². The van der Waals surface area contributed by atoms with E-state index in [0.29, 0.717) is 18.9 Å². The number of amides is 1. The lowest BCUT2D eigenvalue weighted by molar-refractivity contribution is -0.116. The monoisotopic (exact) mass is 417 g/mol. The molecule has 0 radical (unpaired) electrons. The smallest absolute Gasteiger partial charge is 0.225 e. The number of nitrogens with one attached hydrogen (secondary N) is 3. The Kier molecular flexibility index (Phi) is 11.3. The third-order valence-electron chi connectivity index (χ3n) is 5.45. The Bertz CT molecular complexity index is 655. The maximum Gasteiger partial charge on any atom is 0.225 e. The van der Waals surface area contributed by atoms with Crippen LogP contribution in [0.25, 0.3) is 0 Å². The summed E-state index contributed by atoms with van der Waals surface area (Å²) in [6.45, 7) is 12.9. The number of nitrogens with zero attached hydrogens (tertiary/aromatic N) is 2. The molecule has 0 atom stereocenters. The third-order valence-corrected chi connectivity index (χ3v) is 5.45. The Hall–Kier alpha value is -2.12. The normalized spacial score (nSPS) is 15.3. The molecule has 1 aromatic rings. The van der Waals surface area contributed by atoms with Gasteiger partial charge in [-0.2, -0.15) is 0 Å². The quantitative estimate of drug-likeness (QED) is 0.381. The van der Waals surface area contributed by atoms with E-state index < -0.39 is 0 Å². The number of aliphatic imine (C=N–C) groups is 1. The highest BCUT2D eigenvalue weighted by Crippen LogP contribution is 2.12. The molecule has 0 aromatic heterocycles. The van der Waals surface area contributed by atoms with E-state index in [1.54, 1.807) is 0 Å². The number of hydrogen-bond donors (Lipinski definition) is 3. The van der Waals surface area contributed by atoms with Crippen molar-refractivity contribution >= 4 is 17.6 Å². The van der Waals surface area contributed by atoms with E-state index in [2.05, 4.69) is 41.6 Å². The molecule has 0 unspecified atom stereocenters. The third kappa shape index (κ3) is 9.13. The number of carbonyl (C=O) groups is 1. The number of benzene rings is 1. The van der Waals surface area contributed by atoms with Crippen LogP contribution >= 0.6 is 0 Å². The van der Waals surface area contributed by atoms with Crippen molar-refractivity contribution in [3.63, 3.8) is 0 Å². The fraction of sp³-hybridized carbons (Fsp3) is 0.652. The van der Waals surface area contributed by atoms with Crippen molar-refractivity contribution in [2.24, 2.45) is 10.9 Å². The lowest BCUT2D eigenvalue weighted by Gasteiger charge is -2.26. The number of rotatable bonds is 11. The SMILES string of the molecule is CCNC(=NCc1cccc(NC(=O)CCN2CCOCC2)c1)NCC(CC)CC. The average molecular weight is 418 g/mol. The Morgan fingerprint density at radius 2 is 1.93 bits per heavy atom. The lowest BCUT2D eigenvalue weighted by atomic mass is 10.0. The minimum absolute atomic E-state index is 0.0438. The summed E-state index contributed by atoms with van der Waals surface area (Å²) in [5.41, 5.74) is 1.89. The van der Waals surface area contributed by atoms with Crippen molar-refractivity contribution in [2.75, 3.05) is 51.3 Å². The van der Waals surface area contributed by atoms with Crippen molar-refractivity contribution in [3.8, 4) is 0 Å². The van der Waals surface area contributed by atoms with Gasteiger partial charge in [0, 0.05) is 44.8 Å². The van der Waals surface area contributed by atoms with Crippen LogP contribution in [0.1, 0.15) is 45.6 Å². The van der Waals surface area contributed by atoms with Gasteiger partial charge in [0.25, 0.3) is 0 Å². The summed E-state index contributed by atoms with van der Waals surface area (Å²) in [5, 5.41) is 9.76. The number of carbonyl (C=O) groups excluding carboxylic acids is 1. The molecule has 0 saturated carbocycles. The van der Waals surface area contributed by atoms with Gasteiger partial charge < -0.3 is 20.7 Å². The Morgan fingerprint density at radius 1 is 1.17 bits per heavy atom. The standard InChI is InChI=1S/C23H39N5O2/c1-4-19(5-2)17-25-23(24-6-3)26-18-20-8-7-9-21(16-20)27-22(29)10-11-28-12-14-30-15-13-28/h7-9,16,19H,4-6,10-15,17-18H2,1-3H3,(H,27,29)(H2,24,25,26). The molecule has 1 heterocycles. The Labute approximate surface area is 181 Å². The Balaban J connectivity index is 1.84. The molecule has 1 saturated heterocycles. The van der Waals surface area contributed by atoms with E-state index >= 15 is 0 Å². The summed E-state index contributed by atoms with van der Waals surface area (Å²) in [7, 11) is 0. The van der Waals surface area contributed by atoms with Crippen LogP contribution in [0.2, 0.25) is 0 Å². The molecule has 1 aromatic carbocycles. The molecular weight excluding hydrogens is 378 g/mol. The number of hydrogen-bond acceptors (Lipinski definition) is 4. The number of guanidine groups is 1. The van der Waals surface area contributed by atoms with Crippen LogP contribution in [0, 0.1) is 5.92 Å². The highest BCUT2D eigenvalue weighted by molar-refractivity contribution is 5.90. The zero-order valence-corrected chi connectivity index (χ0v) is 18.9. The van der Waals surface area contributed by atoms with Gasteiger partial charge in [0.15, 0.2) is 5.96 Å². The van der Waals surface area contributed by atoms with Gasteiger partial charge in [0.1, 0.15) is 0 Å². The first kappa shape index (κ1) is 24.2. The topological polar surface area (TPSA) is 78.0 Å². The zero-order valence-electron chi connectivity index (χ0n) is 18.9. The first-order valence-corrected chi connectivity index (χ1v) is 11.4. The van der Waals surface area contributed by atoms with Crippen LogP contribution in [-0.4, -0.2) is 62.7 Å². The summed E-state index contributed by atoms with van der Waals surface area (Å²) in [6.07, 6.45) is 2.82. The van der Waals surface area contributed by atoms with Gasteiger partial charge in [0.05, 0.1) is 19.8 Å². The van der Waals surface area contributed by atoms with Crippen LogP contribution in [0.5, 0.6) is 0 Å². The highest BCUT2D eigenvalue weighted by Gasteiger charge is 2.12. The van der Waals surface area contributed by atoms with Crippen LogP contribution in [0.4, 0.5) is 5.69 Å². The molecule has 1 aliphatic rings. The molecule has 0 aliphatic carbocycles. The summed E-state index contributed by atoms with van der Waals surface area (Å²) >= 11 is 0.